The van der Waals surface area contributed by atoms with Crippen LogP contribution in [-0.4, -0.2) is 27.9 Å². The molecule has 0 heterocycles. The Kier molecular flexibility index (Phi) is 3.86. The Balaban J connectivity index is 2.20. The smallest absolute Gasteiger partial charge is 0.163 e. The number of aliphatic hydroxyl groups is 2. The van der Waals surface area contributed by atoms with Gasteiger partial charge in [0.15, 0.2) is 5.78 Å². The van der Waals surface area contributed by atoms with E-state index in [0.29, 0.717) is 24.2 Å². The maximum atomic E-state index is 11.5. The average molecular weight is 252 g/mol. The molecule has 2 unspecified atom stereocenters. The fourth-order valence-corrected chi connectivity index (χ4v) is 2.44. The van der Waals surface area contributed by atoms with Crippen LogP contribution < -0.4 is 0 Å². The van der Waals surface area contributed by atoms with E-state index in [9.17, 15) is 15.0 Å². The van der Waals surface area contributed by atoms with Crippen molar-refractivity contribution in [2.45, 2.75) is 31.5 Å². The van der Waals surface area contributed by atoms with E-state index >= 15 is 0 Å². The van der Waals surface area contributed by atoms with Crippen LogP contribution in [0.5, 0.6) is 0 Å². The number of aryl methyl sites for hydroxylation is 1. The highest BCUT2D eigenvalue weighted by atomic mass is 32.1. The zero-order chi connectivity index (χ0) is 12.4. The molecule has 1 aliphatic rings. The lowest BCUT2D eigenvalue weighted by Gasteiger charge is -2.18. The molecular formula is C13H16O3S. The van der Waals surface area contributed by atoms with Gasteiger partial charge in [0, 0.05) is 12.0 Å². The number of hydrogen-bond acceptors (Lipinski definition) is 4. The molecule has 0 saturated carbocycles. The molecule has 1 aromatic rings. The maximum absolute atomic E-state index is 11.5. The highest BCUT2D eigenvalue weighted by Gasteiger charge is 2.23. The number of aliphatic hydroxyl groups excluding tert-OH is 2. The average Bonchev–Trinajstić information content (AvgIpc) is 2.70. The summed E-state index contributed by atoms with van der Waals surface area (Å²) >= 11 is 4.03. The molecule has 0 saturated heterocycles. The number of benzene rings is 1. The van der Waals surface area contributed by atoms with Gasteiger partial charge in [0.25, 0.3) is 0 Å². The zero-order valence-corrected chi connectivity index (χ0v) is 10.4. The summed E-state index contributed by atoms with van der Waals surface area (Å²) in [4.78, 5) is 11.5. The SMILES string of the molecule is O=C1CCc2cc(C(O)C(O)CCS)ccc21. The molecule has 1 aliphatic carbocycles. The van der Waals surface area contributed by atoms with Gasteiger partial charge in [-0.25, -0.2) is 0 Å². The third-order valence-electron chi connectivity index (χ3n) is 3.18. The van der Waals surface area contributed by atoms with Crippen LogP contribution in [0, 0.1) is 0 Å². The molecule has 2 atom stereocenters. The Bertz CT molecular complexity index is 431. The van der Waals surface area contributed by atoms with Crippen LogP contribution in [0.3, 0.4) is 0 Å². The number of Topliss-reactive ketones (excluding diaryl/α,β-unsaturated/α-hetero) is 1. The molecule has 1 aromatic carbocycles. The highest BCUT2D eigenvalue weighted by Crippen LogP contribution is 2.27. The van der Waals surface area contributed by atoms with E-state index in [-0.39, 0.29) is 5.78 Å². The first-order chi connectivity index (χ1) is 8.13. The summed E-state index contributed by atoms with van der Waals surface area (Å²) in [5.41, 5.74) is 2.40. The van der Waals surface area contributed by atoms with Crippen molar-refractivity contribution >= 4 is 18.4 Å². The molecule has 3 nitrogen and oxygen atoms in total. The number of rotatable bonds is 4. The number of hydrogen-bond donors (Lipinski definition) is 3. The molecule has 92 valence electrons. The maximum Gasteiger partial charge on any atom is 0.163 e. The van der Waals surface area contributed by atoms with E-state index in [4.69, 9.17) is 0 Å². The number of carbonyl (C=O) groups excluding carboxylic acids is 1. The molecule has 0 fully saturated rings. The lowest BCUT2D eigenvalue weighted by atomic mass is 9.98. The van der Waals surface area contributed by atoms with Gasteiger partial charge in [0.2, 0.25) is 0 Å². The van der Waals surface area contributed by atoms with Crippen LogP contribution in [0.15, 0.2) is 18.2 Å². The van der Waals surface area contributed by atoms with E-state index < -0.39 is 12.2 Å². The van der Waals surface area contributed by atoms with E-state index in [0.717, 1.165) is 17.5 Å². The first-order valence-corrected chi connectivity index (χ1v) is 6.39. The molecule has 0 spiro atoms. The summed E-state index contributed by atoms with van der Waals surface area (Å²) in [6.07, 6.45) is 0.0250. The molecule has 2 N–H and O–H groups in total. The standard InChI is InChI=1S/C13H16O3S/c14-11-4-2-8-7-9(1-3-10(8)11)13(16)12(15)5-6-17/h1,3,7,12-13,15-17H,2,4-6H2. The van der Waals surface area contributed by atoms with Crippen molar-refractivity contribution in [3.05, 3.63) is 34.9 Å². The zero-order valence-electron chi connectivity index (χ0n) is 9.47. The lowest BCUT2D eigenvalue weighted by Crippen LogP contribution is -2.18. The van der Waals surface area contributed by atoms with Gasteiger partial charge in [-0.3, -0.25) is 4.79 Å². The monoisotopic (exact) mass is 252 g/mol. The summed E-state index contributed by atoms with van der Waals surface area (Å²) in [5, 5.41) is 19.7. The topological polar surface area (TPSA) is 57.5 Å². The van der Waals surface area contributed by atoms with Gasteiger partial charge in [-0.1, -0.05) is 18.2 Å². The molecule has 4 heteroatoms. The molecule has 2 rings (SSSR count). The molecule has 0 amide bonds. The minimum atomic E-state index is -0.900. The second kappa shape index (κ2) is 5.21. The second-order valence-electron chi connectivity index (χ2n) is 4.36. The van der Waals surface area contributed by atoms with E-state index in [1.54, 1.807) is 12.1 Å². The normalized spacial score (nSPS) is 17.9. The van der Waals surface area contributed by atoms with Crippen LogP contribution in [0.25, 0.3) is 0 Å². The number of thiol groups is 1. The highest BCUT2D eigenvalue weighted by molar-refractivity contribution is 7.80. The van der Waals surface area contributed by atoms with Crippen LogP contribution in [0.4, 0.5) is 0 Å². The predicted octanol–water partition coefficient (Wildman–Crippen LogP) is 1.53. The van der Waals surface area contributed by atoms with Crippen molar-refractivity contribution in [3.8, 4) is 0 Å². The Hall–Kier alpha value is -0.840. The van der Waals surface area contributed by atoms with Crippen LogP contribution >= 0.6 is 12.6 Å². The molecular weight excluding hydrogens is 236 g/mol. The third-order valence-corrected chi connectivity index (χ3v) is 3.44. The van der Waals surface area contributed by atoms with E-state index in [2.05, 4.69) is 12.6 Å². The Morgan fingerprint density at radius 1 is 1.29 bits per heavy atom. The molecule has 0 aliphatic heterocycles. The van der Waals surface area contributed by atoms with E-state index in [1.807, 2.05) is 6.07 Å². The van der Waals surface area contributed by atoms with Gasteiger partial charge in [-0.15, -0.1) is 0 Å². The Morgan fingerprint density at radius 2 is 2.06 bits per heavy atom. The van der Waals surface area contributed by atoms with Crippen molar-refractivity contribution in [2.75, 3.05) is 5.75 Å². The summed E-state index contributed by atoms with van der Waals surface area (Å²) < 4.78 is 0. The van der Waals surface area contributed by atoms with Crippen molar-refractivity contribution < 1.29 is 15.0 Å². The molecule has 0 radical (unpaired) electrons. The molecule has 17 heavy (non-hydrogen) atoms. The number of ketones is 1. The first kappa shape index (κ1) is 12.6. The van der Waals surface area contributed by atoms with Gasteiger partial charge in [-0.2, -0.15) is 12.6 Å². The summed E-state index contributed by atoms with van der Waals surface area (Å²) in [7, 11) is 0. The lowest BCUT2D eigenvalue weighted by molar-refractivity contribution is 0.0172. The van der Waals surface area contributed by atoms with Gasteiger partial charge < -0.3 is 10.2 Å². The Morgan fingerprint density at radius 3 is 2.76 bits per heavy atom. The summed E-state index contributed by atoms with van der Waals surface area (Å²) in [6, 6.07) is 5.29. The van der Waals surface area contributed by atoms with Crippen molar-refractivity contribution in [2.24, 2.45) is 0 Å². The van der Waals surface area contributed by atoms with Crippen molar-refractivity contribution in [1.82, 2.24) is 0 Å². The fraction of sp³-hybridized carbons (Fsp3) is 0.462. The van der Waals surface area contributed by atoms with Gasteiger partial charge in [0.05, 0.1) is 6.10 Å². The van der Waals surface area contributed by atoms with Gasteiger partial charge >= 0.3 is 0 Å². The quantitative estimate of drug-likeness (QED) is 0.712. The third kappa shape index (κ3) is 2.54. The van der Waals surface area contributed by atoms with Crippen LogP contribution in [-0.2, 0) is 6.42 Å². The largest absolute Gasteiger partial charge is 0.390 e. The number of carbonyl (C=O) groups is 1. The second-order valence-corrected chi connectivity index (χ2v) is 4.81. The number of fused-ring (bicyclic) bond motifs is 1. The van der Waals surface area contributed by atoms with Crippen LogP contribution in [0.1, 0.15) is 40.4 Å². The van der Waals surface area contributed by atoms with E-state index in [1.165, 1.54) is 0 Å². The minimum absolute atomic E-state index is 0.164. The molecule has 0 bridgehead atoms. The fourth-order valence-electron chi connectivity index (χ4n) is 2.17. The van der Waals surface area contributed by atoms with Crippen LogP contribution in [0.2, 0.25) is 0 Å². The minimum Gasteiger partial charge on any atom is -0.390 e. The summed E-state index contributed by atoms with van der Waals surface area (Å²) in [5.74, 6) is 0.693. The van der Waals surface area contributed by atoms with Crippen molar-refractivity contribution in [3.63, 3.8) is 0 Å². The van der Waals surface area contributed by atoms with Gasteiger partial charge in [-0.05, 0) is 29.7 Å². The van der Waals surface area contributed by atoms with Gasteiger partial charge in [0.1, 0.15) is 6.10 Å². The predicted molar refractivity (Wildman–Crippen MR) is 68.5 cm³/mol. The Labute approximate surface area is 106 Å². The molecule has 0 aromatic heterocycles. The first-order valence-electron chi connectivity index (χ1n) is 5.76. The van der Waals surface area contributed by atoms with Crippen molar-refractivity contribution in [1.29, 1.82) is 0 Å². The summed E-state index contributed by atoms with van der Waals surface area (Å²) in [6.45, 7) is 0.